The molecule has 6 heteroatoms. The lowest BCUT2D eigenvalue weighted by atomic mass is 9.79. The molecule has 0 N–H and O–H groups in total. The first-order valence-electron chi connectivity index (χ1n) is 15.0. The minimum Gasteiger partial charge on any atom is -0.459 e. The highest BCUT2D eigenvalue weighted by Gasteiger charge is 2.56. The van der Waals surface area contributed by atoms with Gasteiger partial charge in [-0.1, -0.05) is 27.7 Å². The van der Waals surface area contributed by atoms with E-state index in [-0.39, 0.29) is 41.2 Å². The molecule has 0 saturated heterocycles. The summed E-state index contributed by atoms with van der Waals surface area (Å²) in [5.74, 6) is 0.248. The van der Waals surface area contributed by atoms with Crippen molar-refractivity contribution >= 4 is 11.9 Å². The van der Waals surface area contributed by atoms with E-state index in [1.807, 2.05) is 20.8 Å². The lowest BCUT2D eigenvalue weighted by Crippen LogP contribution is -2.41. The summed E-state index contributed by atoms with van der Waals surface area (Å²) in [6.07, 6.45) is 8.98. The molecule has 3 aliphatic carbocycles. The molecule has 0 spiro atoms. The minimum absolute atomic E-state index is 0.211. The molecule has 6 atom stereocenters. The van der Waals surface area contributed by atoms with Gasteiger partial charge in [0.2, 0.25) is 0 Å². The van der Waals surface area contributed by atoms with Crippen molar-refractivity contribution in [2.45, 2.75) is 131 Å². The van der Waals surface area contributed by atoms with Crippen LogP contribution >= 0.6 is 0 Å². The van der Waals surface area contributed by atoms with Gasteiger partial charge < -0.3 is 18.9 Å². The Morgan fingerprint density at radius 3 is 1.78 bits per heavy atom. The molecule has 3 saturated carbocycles. The highest BCUT2D eigenvalue weighted by Crippen LogP contribution is 2.53. The van der Waals surface area contributed by atoms with Crippen molar-refractivity contribution in [1.82, 2.24) is 0 Å². The molecule has 6 unspecified atom stereocenters. The zero-order chi connectivity index (χ0) is 27.4. The van der Waals surface area contributed by atoms with Crippen molar-refractivity contribution in [2.75, 3.05) is 13.2 Å². The Morgan fingerprint density at radius 1 is 0.757 bits per heavy atom. The highest BCUT2D eigenvalue weighted by atomic mass is 16.7. The molecule has 214 valence electrons. The van der Waals surface area contributed by atoms with Crippen molar-refractivity contribution in [3.8, 4) is 0 Å². The molecule has 3 aliphatic rings. The summed E-state index contributed by atoms with van der Waals surface area (Å²) in [5.41, 5.74) is -0.303. The van der Waals surface area contributed by atoms with Gasteiger partial charge in [0.25, 0.3) is 0 Å². The molecule has 0 heterocycles. The summed E-state index contributed by atoms with van der Waals surface area (Å²) < 4.78 is 23.8. The van der Waals surface area contributed by atoms with Crippen LogP contribution in [0.25, 0.3) is 0 Å². The second kappa shape index (κ2) is 12.8. The maximum Gasteiger partial charge on any atom is 0.312 e. The van der Waals surface area contributed by atoms with E-state index < -0.39 is 17.8 Å². The van der Waals surface area contributed by atoms with Crippen LogP contribution in [0.4, 0.5) is 0 Å². The molecule has 0 amide bonds. The summed E-state index contributed by atoms with van der Waals surface area (Å²) in [5, 5.41) is 0. The van der Waals surface area contributed by atoms with Crippen molar-refractivity contribution in [3.05, 3.63) is 0 Å². The summed E-state index contributed by atoms with van der Waals surface area (Å²) in [6.45, 7) is 18.1. The van der Waals surface area contributed by atoms with Gasteiger partial charge in [-0.3, -0.25) is 9.59 Å². The van der Waals surface area contributed by atoms with Gasteiger partial charge in [-0.05, 0) is 115 Å². The monoisotopic (exact) mass is 522 g/mol. The van der Waals surface area contributed by atoms with Crippen LogP contribution in [0.3, 0.4) is 0 Å². The van der Waals surface area contributed by atoms with E-state index in [0.717, 1.165) is 64.4 Å². The molecule has 0 radical (unpaired) electrons. The predicted octanol–water partition coefficient (Wildman–Crippen LogP) is 6.93. The van der Waals surface area contributed by atoms with Gasteiger partial charge in [0.05, 0.1) is 24.5 Å². The highest BCUT2D eigenvalue weighted by molar-refractivity contribution is 5.84. The molecule has 2 bridgehead atoms. The van der Waals surface area contributed by atoms with E-state index in [0.29, 0.717) is 18.4 Å². The molecule has 37 heavy (non-hydrogen) atoms. The van der Waals surface area contributed by atoms with Gasteiger partial charge >= 0.3 is 11.9 Å². The second-order valence-corrected chi connectivity index (χ2v) is 13.5. The molecular weight excluding hydrogens is 468 g/mol. The molecule has 6 nitrogen and oxygen atoms in total. The number of esters is 2. The third kappa shape index (κ3) is 7.94. The standard InChI is InChI=1S/C31H54O6/c1-9-30(5,6)20(3)34-18-22-11-13-23(14-12-22)19-35-21(4)36-28(32)26-24-15-16-25(17-24)27(26)29(33)37-31(7,8)10-2/h20-27H,9-19H2,1-8H3. The summed E-state index contributed by atoms with van der Waals surface area (Å²) in [6, 6.07) is 0. The first kappa shape index (κ1) is 30.4. The summed E-state index contributed by atoms with van der Waals surface area (Å²) in [7, 11) is 0. The van der Waals surface area contributed by atoms with Crippen molar-refractivity contribution in [3.63, 3.8) is 0 Å². The van der Waals surface area contributed by atoms with Crippen molar-refractivity contribution in [2.24, 2.45) is 40.9 Å². The molecule has 3 fully saturated rings. The first-order chi connectivity index (χ1) is 17.4. The van der Waals surface area contributed by atoms with Crippen LogP contribution in [0, 0.1) is 40.9 Å². The quantitative estimate of drug-likeness (QED) is 0.193. The van der Waals surface area contributed by atoms with Crippen LogP contribution in [-0.2, 0) is 28.5 Å². The van der Waals surface area contributed by atoms with Crippen LogP contribution in [0.15, 0.2) is 0 Å². The van der Waals surface area contributed by atoms with Gasteiger partial charge in [0.15, 0.2) is 6.29 Å². The first-order valence-corrected chi connectivity index (χ1v) is 15.0. The van der Waals surface area contributed by atoms with E-state index in [9.17, 15) is 9.59 Å². The molecule has 3 rings (SSSR count). The number of fused-ring (bicyclic) bond motifs is 2. The van der Waals surface area contributed by atoms with Gasteiger partial charge in [-0.2, -0.15) is 0 Å². The number of carbonyl (C=O) groups is 2. The van der Waals surface area contributed by atoms with Crippen molar-refractivity contribution in [1.29, 1.82) is 0 Å². The maximum atomic E-state index is 13.2. The smallest absolute Gasteiger partial charge is 0.312 e. The van der Waals surface area contributed by atoms with Crippen LogP contribution in [0.1, 0.15) is 113 Å². The topological polar surface area (TPSA) is 71.1 Å². The average molecular weight is 523 g/mol. The number of hydrogen-bond acceptors (Lipinski definition) is 6. The Bertz CT molecular complexity index is 753. The zero-order valence-electron chi connectivity index (χ0n) is 24.8. The minimum atomic E-state index is -0.603. The van der Waals surface area contributed by atoms with Gasteiger partial charge in [0, 0.05) is 6.61 Å². The molecule has 0 aromatic rings. The second-order valence-electron chi connectivity index (χ2n) is 13.5. The third-order valence-electron chi connectivity index (χ3n) is 10.1. The van der Waals surface area contributed by atoms with Gasteiger partial charge in [0.1, 0.15) is 5.60 Å². The Balaban J connectivity index is 1.40. The molecule has 0 aromatic heterocycles. The fraction of sp³-hybridized carbons (Fsp3) is 0.935. The Hall–Kier alpha value is -1.14. The maximum absolute atomic E-state index is 13.2. The Labute approximate surface area is 225 Å². The Kier molecular flexibility index (Phi) is 10.5. The molecule has 0 aromatic carbocycles. The molecular formula is C31H54O6. The predicted molar refractivity (Wildman–Crippen MR) is 145 cm³/mol. The number of hydrogen-bond donors (Lipinski definition) is 0. The number of ether oxygens (including phenoxy) is 4. The van der Waals surface area contributed by atoms with Gasteiger partial charge in [-0.15, -0.1) is 0 Å². The van der Waals surface area contributed by atoms with Crippen LogP contribution in [0.5, 0.6) is 0 Å². The normalized spacial score (nSPS) is 31.7. The average Bonchev–Trinajstić information content (AvgIpc) is 3.48. The van der Waals surface area contributed by atoms with Crippen LogP contribution < -0.4 is 0 Å². The SMILES string of the molecule is CCC(C)(C)OC(=O)C1C2CCC(C2)C1C(=O)OC(C)OCC1CCC(COC(C)C(C)(C)CC)CC1. The fourth-order valence-electron chi connectivity index (χ4n) is 6.29. The van der Waals surface area contributed by atoms with E-state index in [2.05, 4.69) is 27.7 Å². The van der Waals surface area contributed by atoms with E-state index in [1.165, 1.54) is 0 Å². The number of carbonyl (C=O) groups excluding carboxylic acids is 2. The van der Waals surface area contributed by atoms with Crippen molar-refractivity contribution < 1.29 is 28.5 Å². The lowest BCUT2D eigenvalue weighted by molar-refractivity contribution is -0.190. The summed E-state index contributed by atoms with van der Waals surface area (Å²) in [4.78, 5) is 26.2. The lowest BCUT2D eigenvalue weighted by Gasteiger charge is -2.34. The fourth-order valence-corrected chi connectivity index (χ4v) is 6.29. The van der Waals surface area contributed by atoms with E-state index in [1.54, 1.807) is 6.92 Å². The Morgan fingerprint density at radius 2 is 1.27 bits per heavy atom. The molecule has 0 aliphatic heterocycles. The zero-order valence-corrected chi connectivity index (χ0v) is 24.8. The largest absolute Gasteiger partial charge is 0.459 e. The van der Waals surface area contributed by atoms with Crippen LogP contribution in [0.2, 0.25) is 0 Å². The van der Waals surface area contributed by atoms with E-state index >= 15 is 0 Å². The van der Waals surface area contributed by atoms with Crippen LogP contribution in [-0.4, -0.2) is 43.1 Å². The number of rotatable bonds is 13. The van der Waals surface area contributed by atoms with Gasteiger partial charge in [-0.25, -0.2) is 0 Å². The summed E-state index contributed by atoms with van der Waals surface area (Å²) >= 11 is 0. The van der Waals surface area contributed by atoms with E-state index in [4.69, 9.17) is 18.9 Å². The third-order valence-corrected chi connectivity index (χ3v) is 10.1.